The first kappa shape index (κ1) is 28.2. The lowest BCUT2D eigenvalue weighted by molar-refractivity contribution is 1.17. The molecular formula is C48H31N3. The molecule has 0 bridgehead atoms. The van der Waals surface area contributed by atoms with Crippen LogP contribution in [0, 0.1) is 0 Å². The number of aromatic nitrogens is 3. The summed E-state index contributed by atoms with van der Waals surface area (Å²) < 4.78 is 4.86. The van der Waals surface area contributed by atoms with Gasteiger partial charge in [0, 0.05) is 44.7 Å². The van der Waals surface area contributed by atoms with Gasteiger partial charge in [0.15, 0.2) is 0 Å². The van der Waals surface area contributed by atoms with E-state index in [0.717, 1.165) is 17.8 Å². The fourth-order valence-electron chi connectivity index (χ4n) is 8.73. The van der Waals surface area contributed by atoms with Crippen LogP contribution in [0.5, 0.6) is 0 Å². The van der Waals surface area contributed by atoms with E-state index in [9.17, 15) is 0 Å². The first-order valence-electron chi connectivity index (χ1n) is 17.6. The zero-order chi connectivity index (χ0) is 33.5. The van der Waals surface area contributed by atoms with Crippen molar-refractivity contribution in [2.75, 3.05) is 0 Å². The average molecular weight is 650 g/mol. The predicted molar refractivity (Wildman–Crippen MR) is 212 cm³/mol. The molecule has 51 heavy (non-hydrogen) atoms. The van der Waals surface area contributed by atoms with Gasteiger partial charge in [0.25, 0.3) is 0 Å². The van der Waals surface area contributed by atoms with Crippen molar-refractivity contribution >= 4 is 43.6 Å². The molecular weight excluding hydrogens is 619 g/mol. The van der Waals surface area contributed by atoms with Crippen LogP contribution in [0.25, 0.3) is 88.5 Å². The van der Waals surface area contributed by atoms with Gasteiger partial charge in [-0.25, -0.2) is 0 Å². The SMILES string of the molecule is c1ccc(-n2c3ccccc3c3c4c5ccccc5n(-c5cccc(-c6cccc7c6Cc6c(-c8ccccn8)cccc6-7)c5)c4ccc32)cc1. The molecule has 0 saturated carbocycles. The fourth-order valence-corrected chi connectivity index (χ4v) is 8.73. The Morgan fingerprint density at radius 3 is 1.63 bits per heavy atom. The lowest BCUT2D eigenvalue weighted by Gasteiger charge is -2.13. The molecule has 0 atom stereocenters. The summed E-state index contributed by atoms with van der Waals surface area (Å²) in [4.78, 5) is 4.71. The third-order valence-electron chi connectivity index (χ3n) is 10.8. The molecule has 3 heterocycles. The minimum Gasteiger partial charge on any atom is -0.309 e. The van der Waals surface area contributed by atoms with E-state index in [4.69, 9.17) is 4.98 Å². The smallest absolute Gasteiger partial charge is 0.0705 e. The molecule has 1 aliphatic carbocycles. The molecule has 0 spiro atoms. The monoisotopic (exact) mass is 649 g/mol. The average Bonchev–Trinajstić information content (AvgIpc) is 3.86. The Morgan fingerprint density at radius 2 is 0.941 bits per heavy atom. The summed E-state index contributed by atoms with van der Waals surface area (Å²) in [5.41, 5.74) is 17.3. The molecule has 10 aromatic rings. The number of pyridine rings is 1. The number of nitrogens with zero attached hydrogens (tertiary/aromatic N) is 3. The van der Waals surface area contributed by atoms with Crippen LogP contribution in [0.2, 0.25) is 0 Å². The predicted octanol–water partition coefficient (Wildman–Crippen LogP) is 12.2. The van der Waals surface area contributed by atoms with Gasteiger partial charge < -0.3 is 9.13 Å². The minimum absolute atomic E-state index is 0.886. The highest BCUT2D eigenvalue weighted by atomic mass is 15.0. The van der Waals surface area contributed by atoms with Crippen LogP contribution in [0.3, 0.4) is 0 Å². The van der Waals surface area contributed by atoms with Gasteiger partial charge in [-0.1, -0.05) is 109 Å². The van der Waals surface area contributed by atoms with Gasteiger partial charge in [-0.3, -0.25) is 4.98 Å². The van der Waals surface area contributed by atoms with Gasteiger partial charge in [0.2, 0.25) is 0 Å². The van der Waals surface area contributed by atoms with Gasteiger partial charge in [0.1, 0.15) is 0 Å². The van der Waals surface area contributed by atoms with E-state index in [0.29, 0.717) is 0 Å². The van der Waals surface area contributed by atoms with E-state index < -0.39 is 0 Å². The molecule has 7 aromatic carbocycles. The lowest BCUT2D eigenvalue weighted by atomic mass is 9.95. The lowest BCUT2D eigenvalue weighted by Crippen LogP contribution is -1.96. The second-order valence-corrected chi connectivity index (χ2v) is 13.5. The maximum absolute atomic E-state index is 4.71. The summed E-state index contributed by atoms with van der Waals surface area (Å²) in [6.45, 7) is 0. The summed E-state index contributed by atoms with van der Waals surface area (Å²) in [5, 5.41) is 5.11. The molecule has 3 nitrogen and oxygen atoms in total. The van der Waals surface area contributed by atoms with Crippen LogP contribution < -0.4 is 0 Å². The number of hydrogen-bond donors (Lipinski definition) is 0. The largest absolute Gasteiger partial charge is 0.309 e. The molecule has 0 N–H and O–H groups in total. The van der Waals surface area contributed by atoms with Gasteiger partial charge in [-0.05, 0) is 100 Å². The number of fused-ring (bicyclic) bond motifs is 10. The zero-order valence-corrected chi connectivity index (χ0v) is 27.8. The molecule has 3 heteroatoms. The number of rotatable bonds is 4. The van der Waals surface area contributed by atoms with Crippen molar-refractivity contribution in [3.05, 3.63) is 187 Å². The molecule has 0 aliphatic heterocycles. The second-order valence-electron chi connectivity index (χ2n) is 13.5. The van der Waals surface area contributed by atoms with Crippen molar-refractivity contribution in [2.24, 2.45) is 0 Å². The Bertz CT molecular complexity index is 2980. The Balaban J connectivity index is 1.12. The maximum atomic E-state index is 4.71. The molecule has 1 aliphatic rings. The van der Waals surface area contributed by atoms with Gasteiger partial charge >= 0.3 is 0 Å². The Labute approximate surface area is 295 Å². The van der Waals surface area contributed by atoms with Crippen LogP contribution >= 0.6 is 0 Å². The van der Waals surface area contributed by atoms with E-state index >= 15 is 0 Å². The highest BCUT2D eigenvalue weighted by molar-refractivity contribution is 6.28. The third-order valence-corrected chi connectivity index (χ3v) is 10.8. The minimum atomic E-state index is 0.886. The summed E-state index contributed by atoms with van der Waals surface area (Å²) in [6, 6.07) is 61.7. The number of hydrogen-bond acceptors (Lipinski definition) is 1. The Kier molecular flexibility index (Phi) is 6.02. The van der Waals surface area contributed by atoms with Crippen molar-refractivity contribution in [3.8, 4) is 44.9 Å². The first-order chi connectivity index (χ1) is 25.3. The van der Waals surface area contributed by atoms with Crippen molar-refractivity contribution in [3.63, 3.8) is 0 Å². The van der Waals surface area contributed by atoms with Crippen LogP contribution in [0.4, 0.5) is 0 Å². The summed E-state index contributed by atoms with van der Waals surface area (Å²) in [5.74, 6) is 0. The van der Waals surface area contributed by atoms with Crippen molar-refractivity contribution in [1.82, 2.24) is 14.1 Å². The summed E-state index contributed by atoms with van der Waals surface area (Å²) >= 11 is 0. The van der Waals surface area contributed by atoms with E-state index in [-0.39, 0.29) is 0 Å². The van der Waals surface area contributed by atoms with Gasteiger partial charge in [-0.2, -0.15) is 0 Å². The molecule has 0 saturated heterocycles. The Hall–Kier alpha value is -6.71. The van der Waals surface area contributed by atoms with Crippen molar-refractivity contribution in [2.45, 2.75) is 6.42 Å². The van der Waals surface area contributed by atoms with Crippen LogP contribution in [-0.2, 0) is 6.42 Å². The van der Waals surface area contributed by atoms with E-state index in [1.807, 2.05) is 12.3 Å². The fraction of sp³-hybridized carbons (Fsp3) is 0.0208. The zero-order valence-electron chi connectivity index (χ0n) is 27.8. The first-order valence-corrected chi connectivity index (χ1v) is 17.6. The highest BCUT2D eigenvalue weighted by Gasteiger charge is 2.25. The van der Waals surface area contributed by atoms with Crippen molar-refractivity contribution in [1.29, 1.82) is 0 Å². The standard InChI is InChI=1S/C48H31N3/c1-2-14-32(15-3-1)50-43-24-6-4-17-38(43)47-45(50)26-27-46-48(47)39-18-5-7-25-44(39)51(46)33-16-10-13-31(29-33)34-19-11-20-35-36-21-12-22-37(41(36)30-40(34)35)42-23-8-9-28-49-42/h1-29H,30H2. The van der Waals surface area contributed by atoms with Crippen LogP contribution in [0.15, 0.2) is 176 Å². The van der Waals surface area contributed by atoms with Crippen molar-refractivity contribution < 1.29 is 0 Å². The van der Waals surface area contributed by atoms with E-state index in [2.05, 4.69) is 173 Å². The summed E-state index contributed by atoms with van der Waals surface area (Å²) in [6.07, 6.45) is 2.77. The molecule has 0 unspecified atom stereocenters. The van der Waals surface area contributed by atoms with Gasteiger partial charge in [-0.15, -0.1) is 0 Å². The quantitative estimate of drug-likeness (QED) is 0.186. The topological polar surface area (TPSA) is 22.8 Å². The molecule has 0 amide bonds. The van der Waals surface area contributed by atoms with Crippen LogP contribution in [0.1, 0.15) is 11.1 Å². The van der Waals surface area contributed by atoms with E-state index in [1.54, 1.807) is 0 Å². The molecule has 238 valence electrons. The molecule has 0 radical (unpaired) electrons. The maximum Gasteiger partial charge on any atom is 0.0705 e. The second kappa shape index (κ2) is 10.9. The van der Waals surface area contributed by atoms with Gasteiger partial charge in [0.05, 0.1) is 27.8 Å². The number of benzene rings is 7. The highest BCUT2D eigenvalue weighted by Crippen LogP contribution is 2.46. The molecule has 11 rings (SSSR count). The van der Waals surface area contributed by atoms with Crippen LogP contribution in [-0.4, -0.2) is 14.1 Å². The Morgan fingerprint density at radius 1 is 0.392 bits per heavy atom. The van der Waals surface area contributed by atoms with E-state index in [1.165, 1.54) is 88.2 Å². The third kappa shape index (κ3) is 4.09. The summed E-state index contributed by atoms with van der Waals surface area (Å²) in [7, 11) is 0. The molecule has 3 aromatic heterocycles. The normalized spacial score (nSPS) is 12.2. The molecule has 0 fully saturated rings. The number of para-hydroxylation sites is 3.